The fraction of sp³-hybridized carbons (Fsp3) is 0.455. The zero-order chi connectivity index (χ0) is 22.4. The molecule has 0 amide bonds. The van der Waals surface area contributed by atoms with Crippen LogP contribution in [0.5, 0.6) is 0 Å². The zero-order valence-corrected chi connectivity index (χ0v) is 17.4. The predicted octanol–water partition coefficient (Wildman–Crippen LogP) is 6.39. The van der Waals surface area contributed by atoms with Crippen molar-refractivity contribution in [2.24, 2.45) is 0 Å². The summed E-state index contributed by atoms with van der Waals surface area (Å²) in [6.07, 6.45) is 4.91. The van der Waals surface area contributed by atoms with E-state index in [1.165, 1.54) is 25.7 Å². The van der Waals surface area contributed by atoms with E-state index in [0.717, 1.165) is 13.2 Å². The Labute approximate surface area is 160 Å². The van der Waals surface area contributed by atoms with Gasteiger partial charge in [-0.1, -0.05) is 26.7 Å². The molecule has 0 rings (SSSR count). The maximum atomic E-state index is 7.62. The number of unbranched alkanes of at least 4 members (excludes halogenated alkanes) is 2. The fourth-order valence-corrected chi connectivity index (χ4v) is 0.595. The van der Waals surface area contributed by atoms with Gasteiger partial charge in [-0.05, 0) is 12.8 Å². The number of ether oxygens (including phenoxy) is 1. The van der Waals surface area contributed by atoms with Crippen molar-refractivity contribution in [1.29, 1.82) is 0 Å². The van der Waals surface area contributed by atoms with Crippen molar-refractivity contribution in [3.63, 3.8) is 0 Å². The fourth-order valence-electron chi connectivity index (χ4n) is 0.595. The van der Waals surface area contributed by atoms with Gasteiger partial charge in [0, 0.05) is 13.2 Å². The number of aliphatic hydroxyl groups is 2. The van der Waals surface area contributed by atoms with E-state index < -0.39 is 0 Å². The summed E-state index contributed by atoms with van der Waals surface area (Å²) in [5.41, 5.74) is 0. The Balaban J connectivity index is -0.0000000256. The summed E-state index contributed by atoms with van der Waals surface area (Å²) in [6, 6.07) is 0. The number of rotatable bonds is 7. The van der Waals surface area contributed by atoms with E-state index in [0.29, 0.717) is 0 Å². The summed E-state index contributed by atoms with van der Waals surface area (Å²) in [6.45, 7) is 42.0. The number of hydrogen-bond donors (Lipinski definition) is 2. The van der Waals surface area contributed by atoms with Gasteiger partial charge >= 0.3 is 0 Å². The summed E-state index contributed by atoms with van der Waals surface area (Å²) in [5, 5.41) is 15.2. The van der Waals surface area contributed by atoms with Crippen LogP contribution in [0.15, 0.2) is 78.9 Å². The van der Waals surface area contributed by atoms with Crippen LogP contribution in [0.4, 0.5) is 0 Å². The summed E-state index contributed by atoms with van der Waals surface area (Å²) in [5.74, 6) is 0. The largest absolute Gasteiger partial charge is 0.394 e. The van der Waals surface area contributed by atoms with E-state index in [-0.39, 0.29) is 13.2 Å². The molecule has 25 heavy (non-hydrogen) atoms. The van der Waals surface area contributed by atoms with Crippen LogP contribution in [0.1, 0.15) is 39.5 Å². The van der Waals surface area contributed by atoms with Crippen LogP contribution in [0.25, 0.3) is 0 Å². The second kappa shape index (κ2) is 189. The monoisotopic (exact) mass is 360 g/mol. The molecular weight excluding hydrogens is 312 g/mol. The van der Waals surface area contributed by atoms with Gasteiger partial charge in [-0.3, -0.25) is 0 Å². The Morgan fingerprint density at radius 2 is 0.720 bits per heavy atom. The molecule has 0 aliphatic rings. The standard InChI is InChI=1S/C8H18O.C2H6O2.6C2H4/c1-3-5-7-9-8-6-4-2;3-1-2-4;6*1-2/h3-8H2,1-2H3;3-4H,1-2H2;6*1-2H2. The molecule has 0 unspecified atom stereocenters. The summed E-state index contributed by atoms with van der Waals surface area (Å²) in [4.78, 5) is 0. The van der Waals surface area contributed by atoms with Gasteiger partial charge in [0.2, 0.25) is 0 Å². The molecule has 3 nitrogen and oxygen atoms in total. The average molecular weight is 361 g/mol. The maximum absolute atomic E-state index is 7.62. The first-order valence-corrected chi connectivity index (χ1v) is 8.12. The topological polar surface area (TPSA) is 49.7 Å². The Kier molecular flexibility index (Phi) is 375. The molecule has 0 bridgehead atoms. The molecule has 0 fully saturated rings. The lowest BCUT2D eigenvalue weighted by Gasteiger charge is -1.99. The van der Waals surface area contributed by atoms with Crippen molar-refractivity contribution in [1.82, 2.24) is 0 Å². The first kappa shape index (κ1) is 49.5. The lowest BCUT2D eigenvalue weighted by atomic mass is 10.3. The van der Waals surface area contributed by atoms with Gasteiger partial charge in [-0.15, -0.1) is 78.9 Å². The van der Waals surface area contributed by atoms with Crippen molar-refractivity contribution in [3.8, 4) is 0 Å². The minimum atomic E-state index is -0.125. The van der Waals surface area contributed by atoms with Crippen LogP contribution in [-0.4, -0.2) is 36.6 Å². The van der Waals surface area contributed by atoms with Gasteiger partial charge in [-0.2, -0.15) is 0 Å². The molecule has 0 saturated heterocycles. The van der Waals surface area contributed by atoms with Gasteiger partial charge in [0.05, 0.1) is 13.2 Å². The smallest absolute Gasteiger partial charge is 0.0662 e. The molecule has 0 saturated carbocycles. The highest BCUT2D eigenvalue weighted by molar-refractivity contribution is 4.34. The van der Waals surface area contributed by atoms with Gasteiger partial charge < -0.3 is 14.9 Å². The van der Waals surface area contributed by atoms with E-state index in [2.05, 4.69) is 92.8 Å². The molecule has 3 heteroatoms. The van der Waals surface area contributed by atoms with Crippen molar-refractivity contribution in [3.05, 3.63) is 78.9 Å². The van der Waals surface area contributed by atoms with E-state index in [1.807, 2.05) is 0 Å². The van der Waals surface area contributed by atoms with Crippen molar-refractivity contribution >= 4 is 0 Å². The van der Waals surface area contributed by atoms with Gasteiger partial charge in [0.15, 0.2) is 0 Å². The highest BCUT2D eigenvalue weighted by Crippen LogP contribution is 1.91. The minimum absolute atomic E-state index is 0.125. The van der Waals surface area contributed by atoms with Gasteiger partial charge in [0.25, 0.3) is 0 Å². The molecule has 0 atom stereocenters. The quantitative estimate of drug-likeness (QED) is 0.408. The van der Waals surface area contributed by atoms with Gasteiger partial charge in [0.1, 0.15) is 0 Å². The maximum Gasteiger partial charge on any atom is 0.0662 e. The Bertz CT molecular complexity index is 107. The van der Waals surface area contributed by atoms with Crippen LogP contribution >= 0.6 is 0 Å². The Hall–Kier alpha value is -1.68. The molecule has 0 radical (unpaired) electrons. The first-order chi connectivity index (χ1) is 12.3. The number of hydrogen-bond acceptors (Lipinski definition) is 3. The lowest BCUT2D eigenvalue weighted by molar-refractivity contribution is 0.128. The van der Waals surface area contributed by atoms with Crippen molar-refractivity contribution in [2.75, 3.05) is 26.4 Å². The minimum Gasteiger partial charge on any atom is -0.394 e. The summed E-state index contributed by atoms with van der Waals surface area (Å²) in [7, 11) is 0. The molecule has 2 N–H and O–H groups in total. The van der Waals surface area contributed by atoms with E-state index >= 15 is 0 Å². The Morgan fingerprint density at radius 3 is 0.840 bits per heavy atom. The van der Waals surface area contributed by atoms with E-state index in [9.17, 15) is 0 Å². The Morgan fingerprint density at radius 1 is 0.520 bits per heavy atom. The second-order valence-corrected chi connectivity index (χ2v) is 2.77. The molecule has 0 heterocycles. The average Bonchev–Trinajstić information content (AvgIpc) is 2.77. The second-order valence-electron chi connectivity index (χ2n) is 2.77. The van der Waals surface area contributed by atoms with Gasteiger partial charge in [-0.25, -0.2) is 0 Å². The molecule has 0 aliphatic carbocycles. The van der Waals surface area contributed by atoms with Crippen molar-refractivity contribution in [2.45, 2.75) is 39.5 Å². The first-order valence-electron chi connectivity index (χ1n) is 8.12. The molecule has 0 aromatic carbocycles. The lowest BCUT2D eigenvalue weighted by Crippen LogP contribution is -1.95. The summed E-state index contributed by atoms with van der Waals surface area (Å²) < 4.78 is 5.31. The molecule has 0 aromatic heterocycles. The normalized spacial score (nSPS) is 5.76. The van der Waals surface area contributed by atoms with Crippen LogP contribution in [0.3, 0.4) is 0 Å². The molecular formula is C22H48O3. The third-order valence-electron chi connectivity index (χ3n) is 1.38. The highest BCUT2D eigenvalue weighted by atomic mass is 16.5. The molecule has 154 valence electrons. The van der Waals surface area contributed by atoms with Crippen LogP contribution in [0, 0.1) is 0 Å². The molecule has 0 aromatic rings. The van der Waals surface area contributed by atoms with E-state index in [4.69, 9.17) is 14.9 Å². The van der Waals surface area contributed by atoms with Crippen LogP contribution in [0.2, 0.25) is 0 Å². The third-order valence-corrected chi connectivity index (χ3v) is 1.38. The predicted molar refractivity (Wildman–Crippen MR) is 122 cm³/mol. The SMILES string of the molecule is C=C.C=C.C=C.C=C.C=C.C=C.CCCCOCCCC.OCCO. The molecule has 0 spiro atoms. The van der Waals surface area contributed by atoms with E-state index in [1.54, 1.807) is 0 Å². The third kappa shape index (κ3) is 326. The van der Waals surface area contributed by atoms with Crippen LogP contribution < -0.4 is 0 Å². The summed E-state index contributed by atoms with van der Waals surface area (Å²) >= 11 is 0. The zero-order valence-electron chi connectivity index (χ0n) is 17.4. The molecule has 0 aliphatic heterocycles. The van der Waals surface area contributed by atoms with Crippen LogP contribution in [-0.2, 0) is 4.74 Å². The highest BCUT2D eigenvalue weighted by Gasteiger charge is 1.84. The van der Waals surface area contributed by atoms with Crippen molar-refractivity contribution < 1.29 is 14.9 Å². The number of aliphatic hydroxyl groups excluding tert-OH is 2.